The lowest BCUT2D eigenvalue weighted by molar-refractivity contribution is 0.426. The van der Waals surface area contributed by atoms with E-state index in [1.165, 1.54) is 5.56 Å². The van der Waals surface area contributed by atoms with Crippen LogP contribution in [0.5, 0.6) is 0 Å². The zero-order valence-corrected chi connectivity index (χ0v) is 8.95. The van der Waals surface area contributed by atoms with Crippen molar-refractivity contribution in [2.24, 2.45) is 0 Å². The Kier molecular flexibility index (Phi) is 2.72. The molecule has 3 heteroatoms. The van der Waals surface area contributed by atoms with E-state index in [0.717, 1.165) is 23.7 Å². The average Bonchev–Trinajstić information content (AvgIpc) is 2.59. The predicted octanol–water partition coefficient (Wildman–Crippen LogP) is 2.90. The maximum Gasteiger partial charge on any atom is 0.228 e. The highest BCUT2D eigenvalue weighted by atomic mass is 16.5. The number of rotatable bonds is 3. The fraction of sp³-hybridized carbons (Fsp3) is 0.250. The predicted molar refractivity (Wildman–Crippen MR) is 59.7 cm³/mol. The normalized spacial score (nSPS) is 10.3. The molecule has 0 saturated heterocycles. The highest BCUT2D eigenvalue weighted by Crippen LogP contribution is 2.17. The molecule has 0 radical (unpaired) electrons. The van der Waals surface area contributed by atoms with Crippen LogP contribution < -0.4 is 5.32 Å². The van der Waals surface area contributed by atoms with Crippen LogP contribution in [-0.2, 0) is 6.54 Å². The van der Waals surface area contributed by atoms with Crippen LogP contribution in [0.15, 0.2) is 34.9 Å². The van der Waals surface area contributed by atoms with Gasteiger partial charge >= 0.3 is 0 Å². The molecule has 0 spiro atoms. The van der Waals surface area contributed by atoms with E-state index >= 15 is 0 Å². The van der Waals surface area contributed by atoms with Crippen LogP contribution in [0.25, 0.3) is 0 Å². The van der Waals surface area contributed by atoms with Crippen LogP contribution in [0.4, 0.5) is 5.88 Å². The molecule has 1 aromatic heterocycles. The van der Waals surface area contributed by atoms with Crippen LogP contribution in [0.2, 0.25) is 0 Å². The van der Waals surface area contributed by atoms with Crippen molar-refractivity contribution in [1.82, 2.24) is 5.16 Å². The second kappa shape index (κ2) is 4.17. The summed E-state index contributed by atoms with van der Waals surface area (Å²) >= 11 is 0. The number of benzene rings is 1. The summed E-state index contributed by atoms with van der Waals surface area (Å²) in [6, 6.07) is 10.2. The molecule has 1 aromatic carbocycles. The monoisotopic (exact) mass is 202 g/mol. The number of anilines is 1. The molecule has 15 heavy (non-hydrogen) atoms. The standard InChI is InChI=1S/C12H14N2O/c1-9-10(2)14-15-12(9)13-8-11-6-4-3-5-7-11/h3-7,13H,8H2,1-2H3. The Bertz CT molecular complexity index is 434. The van der Waals surface area contributed by atoms with Crippen molar-refractivity contribution in [1.29, 1.82) is 0 Å². The minimum atomic E-state index is 0.760. The van der Waals surface area contributed by atoms with Gasteiger partial charge in [-0.3, -0.25) is 0 Å². The number of aromatic nitrogens is 1. The SMILES string of the molecule is Cc1noc(NCc2ccccc2)c1C. The Morgan fingerprint density at radius 3 is 2.53 bits per heavy atom. The maximum absolute atomic E-state index is 5.16. The molecule has 3 nitrogen and oxygen atoms in total. The highest BCUT2D eigenvalue weighted by Gasteiger charge is 2.06. The molecule has 0 bridgehead atoms. The summed E-state index contributed by atoms with van der Waals surface area (Å²) in [5.41, 5.74) is 3.24. The number of nitrogens with zero attached hydrogens (tertiary/aromatic N) is 1. The van der Waals surface area contributed by atoms with Gasteiger partial charge in [-0.1, -0.05) is 35.5 Å². The van der Waals surface area contributed by atoms with E-state index in [-0.39, 0.29) is 0 Å². The summed E-state index contributed by atoms with van der Waals surface area (Å²) in [6.45, 7) is 4.70. The number of hydrogen-bond donors (Lipinski definition) is 1. The summed E-state index contributed by atoms with van der Waals surface area (Å²) in [5, 5.41) is 7.11. The minimum absolute atomic E-state index is 0.760. The molecule has 0 aliphatic rings. The van der Waals surface area contributed by atoms with E-state index in [4.69, 9.17) is 4.52 Å². The van der Waals surface area contributed by atoms with Gasteiger partial charge in [-0.15, -0.1) is 0 Å². The van der Waals surface area contributed by atoms with Crippen LogP contribution >= 0.6 is 0 Å². The molecule has 0 fully saturated rings. The van der Waals surface area contributed by atoms with Gasteiger partial charge in [0.2, 0.25) is 5.88 Å². The first-order valence-corrected chi connectivity index (χ1v) is 4.98. The molecule has 0 saturated carbocycles. The van der Waals surface area contributed by atoms with Crippen LogP contribution in [0, 0.1) is 13.8 Å². The molecule has 0 aliphatic carbocycles. The van der Waals surface area contributed by atoms with Crippen molar-refractivity contribution in [3.63, 3.8) is 0 Å². The Morgan fingerprint density at radius 1 is 1.20 bits per heavy atom. The number of hydrogen-bond acceptors (Lipinski definition) is 3. The molecular weight excluding hydrogens is 188 g/mol. The van der Waals surface area contributed by atoms with Crippen molar-refractivity contribution >= 4 is 5.88 Å². The molecule has 0 unspecified atom stereocenters. The molecule has 1 N–H and O–H groups in total. The zero-order chi connectivity index (χ0) is 10.7. The summed E-state index contributed by atoms with van der Waals surface area (Å²) in [6.07, 6.45) is 0. The fourth-order valence-corrected chi connectivity index (χ4v) is 1.36. The van der Waals surface area contributed by atoms with Gasteiger partial charge in [0, 0.05) is 12.1 Å². The van der Waals surface area contributed by atoms with Gasteiger partial charge in [0.15, 0.2) is 0 Å². The first-order chi connectivity index (χ1) is 7.27. The van der Waals surface area contributed by atoms with Gasteiger partial charge in [0.05, 0.1) is 5.69 Å². The molecule has 1 heterocycles. The van der Waals surface area contributed by atoms with Gasteiger partial charge in [0.25, 0.3) is 0 Å². The summed E-state index contributed by atoms with van der Waals surface area (Å²) in [7, 11) is 0. The van der Waals surface area contributed by atoms with E-state index in [1.54, 1.807) is 0 Å². The first-order valence-electron chi connectivity index (χ1n) is 4.98. The zero-order valence-electron chi connectivity index (χ0n) is 8.95. The lowest BCUT2D eigenvalue weighted by Gasteiger charge is -2.02. The lowest BCUT2D eigenvalue weighted by atomic mass is 10.2. The average molecular weight is 202 g/mol. The Hall–Kier alpha value is -1.77. The summed E-state index contributed by atoms with van der Waals surface area (Å²) in [5.74, 6) is 0.761. The third-order valence-corrected chi connectivity index (χ3v) is 2.45. The topological polar surface area (TPSA) is 38.1 Å². The molecule has 2 rings (SSSR count). The van der Waals surface area contributed by atoms with E-state index in [2.05, 4.69) is 22.6 Å². The largest absolute Gasteiger partial charge is 0.350 e. The maximum atomic E-state index is 5.16. The molecular formula is C12H14N2O. The Balaban J connectivity index is 2.02. The Labute approximate surface area is 89.1 Å². The third-order valence-electron chi connectivity index (χ3n) is 2.45. The van der Waals surface area contributed by atoms with Gasteiger partial charge in [-0.05, 0) is 19.4 Å². The quantitative estimate of drug-likeness (QED) is 0.831. The van der Waals surface area contributed by atoms with Crippen molar-refractivity contribution in [2.75, 3.05) is 5.32 Å². The molecule has 0 amide bonds. The van der Waals surface area contributed by atoms with E-state index in [1.807, 2.05) is 32.0 Å². The lowest BCUT2D eigenvalue weighted by Crippen LogP contribution is -1.99. The van der Waals surface area contributed by atoms with Gasteiger partial charge in [-0.2, -0.15) is 0 Å². The summed E-state index contributed by atoms with van der Waals surface area (Å²) in [4.78, 5) is 0. The molecule has 0 atom stereocenters. The van der Waals surface area contributed by atoms with Crippen molar-refractivity contribution in [3.8, 4) is 0 Å². The molecule has 2 aromatic rings. The van der Waals surface area contributed by atoms with Gasteiger partial charge in [0.1, 0.15) is 0 Å². The van der Waals surface area contributed by atoms with Gasteiger partial charge in [-0.25, -0.2) is 0 Å². The van der Waals surface area contributed by atoms with Gasteiger partial charge < -0.3 is 9.84 Å². The number of aryl methyl sites for hydroxylation is 1. The molecule has 78 valence electrons. The third kappa shape index (κ3) is 2.18. The Morgan fingerprint density at radius 2 is 1.93 bits per heavy atom. The van der Waals surface area contributed by atoms with E-state index in [9.17, 15) is 0 Å². The van der Waals surface area contributed by atoms with Crippen molar-refractivity contribution in [3.05, 3.63) is 47.2 Å². The summed E-state index contributed by atoms with van der Waals surface area (Å²) < 4.78 is 5.16. The van der Waals surface area contributed by atoms with Crippen LogP contribution in [-0.4, -0.2) is 5.16 Å². The van der Waals surface area contributed by atoms with Crippen molar-refractivity contribution in [2.45, 2.75) is 20.4 Å². The highest BCUT2D eigenvalue weighted by molar-refractivity contribution is 5.42. The van der Waals surface area contributed by atoms with E-state index in [0.29, 0.717) is 0 Å². The van der Waals surface area contributed by atoms with Crippen LogP contribution in [0.3, 0.4) is 0 Å². The smallest absolute Gasteiger partial charge is 0.228 e. The van der Waals surface area contributed by atoms with Crippen LogP contribution in [0.1, 0.15) is 16.8 Å². The van der Waals surface area contributed by atoms with E-state index < -0.39 is 0 Å². The van der Waals surface area contributed by atoms with Crippen molar-refractivity contribution < 1.29 is 4.52 Å². The minimum Gasteiger partial charge on any atom is -0.350 e. The molecule has 0 aliphatic heterocycles. The first kappa shape index (κ1) is 9.77. The second-order valence-electron chi connectivity index (χ2n) is 3.56. The number of nitrogens with one attached hydrogen (secondary N) is 1. The second-order valence-corrected chi connectivity index (χ2v) is 3.56. The fourth-order valence-electron chi connectivity index (χ4n) is 1.36.